The Hall–Kier alpha value is -0.0400. The highest BCUT2D eigenvalue weighted by Crippen LogP contribution is 2.53. The zero-order chi connectivity index (χ0) is 6.48. The number of hydrogen-bond acceptors (Lipinski definition) is 1. The van der Waals surface area contributed by atoms with Gasteiger partial charge in [0.05, 0.1) is 0 Å². The van der Waals surface area contributed by atoms with Crippen molar-refractivity contribution in [1.82, 2.24) is 4.90 Å². The molecule has 0 N–H and O–H groups in total. The minimum Gasteiger partial charge on any atom is -0.294 e. The lowest BCUT2D eigenvalue weighted by Gasteiger charge is -2.04. The van der Waals surface area contributed by atoms with E-state index in [1.54, 1.807) is 0 Å². The summed E-state index contributed by atoms with van der Waals surface area (Å²) >= 11 is 0. The minimum absolute atomic E-state index is 0.782. The van der Waals surface area contributed by atoms with Gasteiger partial charge in [0, 0.05) is 18.6 Å². The fourth-order valence-corrected chi connectivity index (χ4v) is 1.64. The highest BCUT2D eigenvalue weighted by Gasteiger charge is 2.60. The van der Waals surface area contributed by atoms with Crippen molar-refractivity contribution >= 4 is 0 Å². The van der Waals surface area contributed by atoms with Crippen LogP contribution in [0.5, 0.6) is 0 Å². The molecule has 52 valence electrons. The molecule has 1 saturated heterocycles. The lowest BCUT2D eigenvalue weighted by Crippen LogP contribution is -2.09. The van der Waals surface area contributed by atoms with Gasteiger partial charge in [-0.3, -0.25) is 4.90 Å². The van der Waals surface area contributed by atoms with E-state index in [2.05, 4.69) is 18.7 Å². The summed E-state index contributed by atoms with van der Waals surface area (Å²) in [6.45, 7) is 7.34. The second-order valence-corrected chi connectivity index (χ2v) is 4.00. The molecule has 0 aromatic heterocycles. The summed E-state index contributed by atoms with van der Waals surface area (Å²) in [5, 5.41) is 0. The Morgan fingerprint density at radius 2 is 2.11 bits per heavy atom. The highest BCUT2D eigenvalue weighted by atomic mass is 15.4. The maximum atomic E-state index is 2.62. The molecule has 1 heteroatoms. The third-order valence-electron chi connectivity index (χ3n) is 2.47. The van der Waals surface area contributed by atoms with Crippen molar-refractivity contribution < 1.29 is 0 Å². The van der Waals surface area contributed by atoms with Gasteiger partial charge in [0.15, 0.2) is 0 Å². The van der Waals surface area contributed by atoms with Crippen LogP contribution >= 0.6 is 0 Å². The second-order valence-electron chi connectivity index (χ2n) is 4.00. The predicted molar refractivity (Wildman–Crippen MR) is 38.4 cm³/mol. The lowest BCUT2D eigenvalue weighted by atomic mass is 10.2. The van der Waals surface area contributed by atoms with Gasteiger partial charge in [-0.15, -0.1) is 0 Å². The van der Waals surface area contributed by atoms with E-state index in [-0.39, 0.29) is 0 Å². The van der Waals surface area contributed by atoms with Crippen LogP contribution in [0.3, 0.4) is 0 Å². The number of hydrogen-bond donors (Lipinski definition) is 0. The van der Waals surface area contributed by atoms with Crippen LogP contribution in [0.25, 0.3) is 0 Å². The van der Waals surface area contributed by atoms with Gasteiger partial charge in [-0.05, 0) is 18.8 Å². The van der Waals surface area contributed by atoms with E-state index in [1.165, 1.54) is 25.9 Å². The van der Waals surface area contributed by atoms with Crippen LogP contribution in [-0.4, -0.2) is 23.5 Å². The predicted octanol–water partition coefficient (Wildman–Crippen LogP) is 1.49. The molecular formula is C8H15N. The molecule has 0 radical (unpaired) electrons. The largest absolute Gasteiger partial charge is 0.294 e. The molecule has 1 aliphatic heterocycles. The van der Waals surface area contributed by atoms with E-state index < -0.39 is 0 Å². The molecule has 0 aromatic carbocycles. The summed E-state index contributed by atoms with van der Waals surface area (Å²) in [6.07, 6.45) is 2.97. The lowest BCUT2D eigenvalue weighted by molar-refractivity contribution is 0.422. The Balaban J connectivity index is 1.78. The van der Waals surface area contributed by atoms with Gasteiger partial charge in [0.25, 0.3) is 0 Å². The quantitative estimate of drug-likeness (QED) is 0.505. The molecule has 1 aliphatic carbocycles. The fourth-order valence-electron chi connectivity index (χ4n) is 1.64. The molecule has 1 atom stereocenters. The molecule has 9 heavy (non-hydrogen) atoms. The summed E-state index contributed by atoms with van der Waals surface area (Å²) in [6, 6.07) is 0. The van der Waals surface area contributed by atoms with Crippen molar-refractivity contribution in [2.45, 2.75) is 32.2 Å². The van der Waals surface area contributed by atoms with Gasteiger partial charge >= 0.3 is 0 Å². The topological polar surface area (TPSA) is 3.01 Å². The van der Waals surface area contributed by atoms with Gasteiger partial charge in [0.2, 0.25) is 0 Å². The zero-order valence-electron chi connectivity index (χ0n) is 6.35. The molecule has 1 saturated carbocycles. The summed E-state index contributed by atoms with van der Waals surface area (Å²) in [5.74, 6) is 0.866. The van der Waals surface area contributed by atoms with Crippen LogP contribution in [0.2, 0.25) is 0 Å². The molecule has 1 nitrogen and oxygen atoms in total. The average molecular weight is 125 g/mol. The Morgan fingerprint density at radius 1 is 1.44 bits per heavy atom. The maximum Gasteiger partial charge on any atom is 0.0339 e. The van der Waals surface area contributed by atoms with Crippen LogP contribution in [0, 0.1) is 5.92 Å². The summed E-state index contributed by atoms with van der Waals surface area (Å²) in [4.78, 5) is 2.62. The molecule has 0 amide bonds. The van der Waals surface area contributed by atoms with Crippen LogP contribution in [0.4, 0.5) is 0 Å². The fraction of sp³-hybridized carbons (Fsp3) is 1.00. The third-order valence-corrected chi connectivity index (χ3v) is 2.47. The molecule has 2 rings (SSSR count). The van der Waals surface area contributed by atoms with Crippen LogP contribution in [0.1, 0.15) is 26.7 Å². The van der Waals surface area contributed by atoms with Crippen molar-refractivity contribution in [3.63, 3.8) is 0 Å². The van der Waals surface area contributed by atoms with Crippen molar-refractivity contribution in [1.29, 1.82) is 0 Å². The SMILES string of the molecule is CC(C)CN1CC12CC2. The Bertz CT molecular complexity index is 125. The van der Waals surface area contributed by atoms with Gasteiger partial charge in [0.1, 0.15) is 0 Å². The molecular weight excluding hydrogens is 110 g/mol. The van der Waals surface area contributed by atoms with Gasteiger partial charge < -0.3 is 0 Å². The molecule has 2 fully saturated rings. The maximum absolute atomic E-state index is 2.62. The van der Waals surface area contributed by atoms with Crippen LogP contribution in [-0.2, 0) is 0 Å². The van der Waals surface area contributed by atoms with Gasteiger partial charge in [-0.1, -0.05) is 13.8 Å². The van der Waals surface area contributed by atoms with Crippen molar-refractivity contribution in [3.05, 3.63) is 0 Å². The molecule has 2 aliphatic rings. The minimum atomic E-state index is 0.782. The van der Waals surface area contributed by atoms with E-state index in [0.29, 0.717) is 0 Å². The average Bonchev–Trinajstić information content (AvgIpc) is 2.54. The van der Waals surface area contributed by atoms with E-state index >= 15 is 0 Å². The first-order valence-electron chi connectivity index (χ1n) is 3.98. The van der Waals surface area contributed by atoms with Crippen molar-refractivity contribution in [2.24, 2.45) is 5.92 Å². The summed E-state index contributed by atoms with van der Waals surface area (Å²) in [5.41, 5.74) is 0.782. The van der Waals surface area contributed by atoms with Crippen LogP contribution in [0.15, 0.2) is 0 Å². The Kier molecular flexibility index (Phi) is 0.963. The van der Waals surface area contributed by atoms with Crippen LogP contribution < -0.4 is 0 Å². The monoisotopic (exact) mass is 125 g/mol. The molecule has 1 heterocycles. The number of nitrogens with zero attached hydrogens (tertiary/aromatic N) is 1. The smallest absolute Gasteiger partial charge is 0.0339 e. The molecule has 0 bridgehead atoms. The molecule has 1 unspecified atom stereocenters. The normalized spacial score (nSPS) is 35.7. The standard InChI is InChI=1S/C8H15N/c1-7(2)5-9-6-8(9)3-4-8/h7H,3-6H2,1-2H3. The molecule has 0 aromatic rings. The Morgan fingerprint density at radius 3 is 2.44 bits per heavy atom. The second kappa shape index (κ2) is 1.51. The third kappa shape index (κ3) is 0.877. The highest BCUT2D eigenvalue weighted by molar-refractivity contribution is 5.18. The van der Waals surface area contributed by atoms with Gasteiger partial charge in [-0.2, -0.15) is 0 Å². The number of rotatable bonds is 2. The van der Waals surface area contributed by atoms with E-state index in [1.807, 2.05) is 0 Å². The van der Waals surface area contributed by atoms with Crippen molar-refractivity contribution in [2.75, 3.05) is 13.1 Å². The Labute approximate surface area is 57.0 Å². The van der Waals surface area contributed by atoms with E-state index in [9.17, 15) is 0 Å². The van der Waals surface area contributed by atoms with Gasteiger partial charge in [-0.25, -0.2) is 0 Å². The first kappa shape index (κ1) is 5.72. The van der Waals surface area contributed by atoms with E-state index in [0.717, 1.165) is 11.5 Å². The first-order valence-corrected chi connectivity index (χ1v) is 3.98. The summed E-state index contributed by atoms with van der Waals surface area (Å²) < 4.78 is 0. The van der Waals surface area contributed by atoms with Crippen molar-refractivity contribution in [3.8, 4) is 0 Å². The first-order chi connectivity index (χ1) is 4.23. The zero-order valence-corrected chi connectivity index (χ0v) is 6.35. The van der Waals surface area contributed by atoms with E-state index in [4.69, 9.17) is 0 Å². The molecule has 1 spiro atoms. The summed E-state index contributed by atoms with van der Waals surface area (Å²) in [7, 11) is 0.